The number of aliphatic hydroxyl groups excluding tert-OH is 1. The number of rotatable bonds is 9. The van der Waals surface area contributed by atoms with E-state index in [0.717, 1.165) is 28.8 Å². The molecular formula is C22H27N3O3S. The molecule has 4 rings (SSSR count). The third-order valence-corrected chi connectivity index (χ3v) is 5.93. The van der Waals surface area contributed by atoms with Crippen LogP contribution in [-0.2, 0) is 11.3 Å². The highest BCUT2D eigenvalue weighted by molar-refractivity contribution is 7.17. The minimum Gasteiger partial charge on any atom is -0.389 e. The minimum absolute atomic E-state index is 0.0945. The van der Waals surface area contributed by atoms with Crippen LogP contribution in [0.5, 0.6) is 0 Å². The predicted octanol–water partition coefficient (Wildman–Crippen LogP) is 3.40. The van der Waals surface area contributed by atoms with Crippen molar-refractivity contribution < 1.29 is 9.84 Å². The van der Waals surface area contributed by atoms with E-state index in [1.54, 1.807) is 0 Å². The third kappa shape index (κ3) is 4.93. The van der Waals surface area contributed by atoms with E-state index < -0.39 is 6.10 Å². The van der Waals surface area contributed by atoms with E-state index in [1.807, 2.05) is 49.6 Å². The van der Waals surface area contributed by atoms with Crippen LogP contribution in [0.4, 0.5) is 0 Å². The molecule has 154 valence electrons. The van der Waals surface area contributed by atoms with E-state index in [9.17, 15) is 9.90 Å². The normalized spacial score (nSPS) is 15.5. The number of thiophene rings is 1. The number of H-pyrrole nitrogens is 1. The molecule has 3 aromatic rings. The number of ether oxygens (including phenoxy) is 1. The summed E-state index contributed by atoms with van der Waals surface area (Å²) < 4.78 is 5.53. The Balaban J connectivity index is 1.54. The molecule has 2 aromatic heterocycles. The molecule has 0 radical (unpaired) electrons. The lowest BCUT2D eigenvalue weighted by molar-refractivity contribution is -0.0110. The van der Waals surface area contributed by atoms with Crippen LogP contribution in [0.15, 0.2) is 40.5 Å². The molecule has 0 aliphatic heterocycles. The Labute approximate surface area is 174 Å². The van der Waals surface area contributed by atoms with Crippen LogP contribution in [0.2, 0.25) is 0 Å². The van der Waals surface area contributed by atoms with Gasteiger partial charge in [0, 0.05) is 23.5 Å². The fourth-order valence-electron chi connectivity index (χ4n) is 3.50. The first-order valence-electron chi connectivity index (χ1n) is 10.1. The van der Waals surface area contributed by atoms with Crippen LogP contribution < -0.4 is 5.56 Å². The summed E-state index contributed by atoms with van der Waals surface area (Å²) in [5.74, 6) is 0.646. The first-order chi connectivity index (χ1) is 14.0. The number of nitrogens with one attached hydrogen (secondary N) is 1. The molecule has 1 aliphatic rings. The molecule has 6 nitrogen and oxygen atoms in total. The number of nitrogens with zero attached hydrogens (tertiary/aromatic N) is 2. The molecule has 7 heteroatoms. The highest BCUT2D eigenvalue weighted by atomic mass is 32.1. The summed E-state index contributed by atoms with van der Waals surface area (Å²) in [6.07, 6.45) is 1.76. The highest BCUT2D eigenvalue weighted by Gasteiger charge is 2.31. The van der Waals surface area contributed by atoms with Crippen LogP contribution in [0.3, 0.4) is 0 Å². The molecule has 1 atom stereocenters. The summed E-state index contributed by atoms with van der Waals surface area (Å²) in [6.45, 7) is 5.27. The zero-order valence-electron chi connectivity index (χ0n) is 16.8. The Morgan fingerprint density at radius 1 is 1.31 bits per heavy atom. The summed E-state index contributed by atoms with van der Waals surface area (Å²) in [7, 11) is 0. The number of aliphatic hydroxyl groups is 1. The van der Waals surface area contributed by atoms with Gasteiger partial charge in [-0.2, -0.15) is 0 Å². The average Bonchev–Trinajstić information content (AvgIpc) is 3.46. The van der Waals surface area contributed by atoms with Gasteiger partial charge < -0.3 is 14.8 Å². The number of aromatic nitrogens is 2. The largest absolute Gasteiger partial charge is 0.389 e. The maximum absolute atomic E-state index is 12.8. The van der Waals surface area contributed by atoms with E-state index in [1.165, 1.54) is 11.3 Å². The van der Waals surface area contributed by atoms with Gasteiger partial charge in [0.1, 0.15) is 10.7 Å². The molecule has 0 saturated heterocycles. The number of hydrogen-bond donors (Lipinski definition) is 2. The van der Waals surface area contributed by atoms with Gasteiger partial charge in [-0.3, -0.25) is 9.69 Å². The van der Waals surface area contributed by atoms with Gasteiger partial charge in [0.2, 0.25) is 0 Å². The Morgan fingerprint density at radius 2 is 2.07 bits per heavy atom. The van der Waals surface area contributed by atoms with Crippen LogP contribution in [0, 0.1) is 0 Å². The van der Waals surface area contributed by atoms with Crippen molar-refractivity contribution in [1.29, 1.82) is 0 Å². The second-order valence-corrected chi connectivity index (χ2v) is 8.76. The van der Waals surface area contributed by atoms with Gasteiger partial charge in [-0.25, -0.2) is 4.98 Å². The van der Waals surface area contributed by atoms with Crippen LogP contribution >= 0.6 is 11.3 Å². The van der Waals surface area contributed by atoms with Crippen molar-refractivity contribution in [1.82, 2.24) is 14.9 Å². The van der Waals surface area contributed by atoms with Gasteiger partial charge in [0.25, 0.3) is 5.56 Å². The second-order valence-electron chi connectivity index (χ2n) is 7.90. The second kappa shape index (κ2) is 8.75. The third-order valence-electron chi connectivity index (χ3n) is 5.06. The van der Waals surface area contributed by atoms with Crippen LogP contribution in [0.25, 0.3) is 21.3 Å². The summed E-state index contributed by atoms with van der Waals surface area (Å²) >= 11 is 1.49. The van der Waals surface area contributed by atoms with Gasteiger partial charge in [0.15, 0.2) is 0 Å². The van der Waals surface area contributed by atoms with E-state index in [4.69, 9.17) is 9.72 Å². The SMILES string of the molecule is CC(C)OCC(O)CN(Cc1nc2scc(-c3ccccc3)c2c(=O)[nH]1)C1CC1. The van der Waals surface area contributed by atoms with Gasteiger partial charge in [-0.05, 0) is 32.3 Å². The molecule has 1 unspecified atom stereocenters. The summed E-state index contributed by atoms with van der Waals surface area (Å²) in [5.41, 5.74) is 1.84. The van der Waals surface area contributed by atoms with E-state index in [-0.39, 0.29) is 11.7 Å². The maximum Gasteiger partial charge on any atom is 0.260 e. The lowest BCUT2D eigenvalue weighted by atomic mass is 10.1. The molecule has 2 heterocycles. The quantitative estimate of drug-likeness (QED) is 0.562. The van der Waals surface area contributed by atoms with E-state index >= 15 is 0 Å². The fourth-order valence-corrected chi connectivity index (χ4v) is 4.47. The Morgan fingerprint density at radius 3 is 2.76 bits per heavy atom. The van der Waals surface area contributed by atoms with Crippen molar-refractivity contribution in [2.24, 2.45) is 0 Å². The highest BCUT2D eigenvalue weighted by Crippen LogP contribution is 2.31. The van der Waals surface area contributed by atoms with Crippen LogP contribution in [-0.4, -0.2) is 51.4 Å². The van der Waals surface area contributed by atoms with Gasteiger partial charge in [-0.1, -0.05) is 30.3 Å². The Hall–Kier alpha value is -2.06. The average molecular weight is 414 g/mol. The van der Waals surface area contributed by atoms with Crippen molar-refractivity contribution in [2.45, 2.75) is 51.5 Å². The summed E-state index contributed by atoms with van der Waals surface area (Å²) in [6, 6.07) is 10.3. The molecule has 0 amide bonds. The standard InChI is InChI=1S/C22H27N3O3S/c1-14(2)28-12-17(26)10-25(16-8-9-16)11-19-23-21(27)20-18(13-29-22(20)24-19)15-6-4-3-5-7-15/h3-7,13-14,16-17,26H,8-12H2,1-2H3,(H,23,24,27). The smallest absolute Gasteiger partial charge is 0.260 e. The molecule has 1 saturated carbocycles. The molecule has 0 bridgehead atoms. The van der Waals surface area contributed by atoms with E-state index in [2.05, 4.69) is 9.88 Å². The Bertz CT molecular complexity index is 1010. The summed E-state index contributed by atoms with van der Waals surface area (Å²) in [4.78, 5) is 23.5. The fraction of sp³-hybridized carbons (Fsp3) is 0.455. The zero-order chi connectivity index (χ0) is 20.4. The van der Waals surface area contributed by atoms with Gasteiger partial charge >= 0.3 is 0 Å². The van der Waals surface area contributed by atoms with Crippen molar-refractivity contribution in [3.05, 3.63) is 51.9 Å². The number of benzene rings is 1. The predicted molar refractivity (Wildman–Crippen MR) is 116 cm³/mol. The van der Waals surface area contributed by atoms with Crippen molar-refractivity contribution >= 4 is 21.6 Å². The molecule has 0 spiro atoms. The monoisotopic (exact) mass is 413 g/mol. The van der Waals surface area contributed by atoms with Gasteiger partial charge in [0.05, 0.1) is 30.7 Å². The Kier molecular flexibility index (Phi) is 6.10. The zero-order valence-corrected chi connectivity index (χ0v) is 17.6. The molecule has 29 heavy (non-hydrogen) atoms. The van der Waals surface area contributed by atoms with Crippen LogP contribution in [0.1, 0.15) is 32.5 Å². The molecule has 1 aromatic carbocycles. The minimum atomic E-state index is -0.556. The lowest BCUT2D eigenvalue weighted by Crippen LogP contribution is -2.37. The first-order valence-corrected chi connectivity index (χ1v) is 11.0. The van der Waals surface area contributed by atoms with Crippen molar-refractivity contribution in [2.75, 3.05) is 13.2 Å². The number of hydrogen-bond acceptors (Lipinski definition) is 6. The molecule has 2 N–H and O–H groups in total. The summed E-state index contributed by atoms with van der Waals surface area (Å²) in [5, 5.41) is 13.0. The van der Waals surface area contributed by atoms with Crippen molar-refractivity contribution in [3.8, 4) is 11.1 Å². The molecule has 1 aliphatic carbocycles. The lowest BCUT2D eigenvalue weighted by Gasteiger charge is -2.24. The molecular weight excluding hydrogens is 386 g/mol. The topological polar surface area (TPSA) is 78.5 Å². The van der Waals surface area contributed by atoms with Gasteiger partial charge in [-0.15, -0.1) is 11.3 Å². The van der Waals surface area contributed by atoms with E-state index in [0.29, 0.717) is 36.9 Å². The molecule has 1 fully saturated rings. The first kappa shape index (κ1) is 20.2. The van der Waals surface area contributed by atoms with Crippen molar-refractivity contribution in [3.63, 3.8) is 0 Å². The maximum atomic E-state index is 12.8. The number of aromatic amines is 1. The number of fused-ring (bicyclic) bond motifs is 1.